The average Bonchev–Trinajstić information content (AvgIpc) is 3.32. The van der Waals surface area contributed by atoms with E-state index < -0.39 is 6.85 Å². The van der Waals surface area contributed by atoms with Gasteiger partial charge < -0.3 is 8.83 Å². The molecule has 4 nitrogen and oxygen atoms in total. The van der Waals surface area contributed by atoms with E-state index in [1.54, 1.807) is 18.6 Å². The Kier molecular flexibility index (Phi) is 2.83. The van der Waals surface area contributed by atoms with Crippen molar-refractivity contribution in [2.75, 3.05) is 0 Å². The largest absolute Gasteiger partial charge is 0.455 e. The summed E-state index contributed by atoms with van der Waals surface area (Å²) in [6.45, 7) is 1.72. The van der Waals surface area contributed by atoms with Crippen LogP contribution in [0.25, 0.3) is 55.1 Å². The van der Waals surface area contributed by atoms with E-state index in [4.69, 9.17) is 12.9 Å². The van der Waals surface area contributed by atoms with Gasteiger partial charge in [0.25, 0.3) is 0 Å². The molecule has 0 aliphatic rings. The van der Waals surface area contributed by atoms with Gasteiger partial charge in [0, 0.05) is 43.5 Å². The normalized spacial score (nSPS) is 13.9. The van der Waals surface area contributed by atoms with Crippen molar-refractivity contribution in [3.63, 3.8) is 0 Å². The number of nitrogens with zero attached hydrogens (tertiary/aromatic N) is 2. The van der Waals surface area contributed by atoms with Crippen molar-refractivity contribution < 1.29 is 17.5 Å². The van der Waals surface area contributed by atoms with Crippen LogP contribution >= 0.6 is 0 Å². The zero-order chi connectivity index (χ0) is 23.1. The third-order valence-electron chi connectivity index (χ3n) is 5.99. The molecule has 0 N–H and O–H groups in total. The van der Waals surface area contributed by atoms with Crippen LogP contribution in [-0.4, -0.2) is 4.98 Å². The van der Waals surface area contributed by atoms with Gasteiger partial charge in [-0.25, -0.2) is 4.57 Å². The highest BCUT2D eigenvalue weighted by Crippen LogP contribution is 2.42. The van der Waals surface area contributed by atoms with E-state index in [0.29, 0.717) is 5.56 Å². The van der Waals surface area contributed by atoms with E-state index >= 15 is 0 Å². The molecule has 0 saturated heterocycles. The lowest BCUT2D eigenvalue weighted by Gasteiger charge is -2.07. The summed E-state index contributed by atoms with van der Waals surface area (Å²) < 4.78 is 37.9. The SMILES string of the molecule is [2H]C([2H])([2H])c1c[n+](C)c(-c2c(C)ccc3c2oc2ccc4oc5cnccc5c4c23)cc1C. The summed E-state index contributed by atoms with van der Waals surface area (Å²) in [5.41, 5.74) is 7.07. The zero-order valence-electron chi connectivity index (χ0n) is 19.9. The highest BCUT2D eigenvalue weighted by molar-refractivity contribution is 6.26. The summed E-state index contributed by atoms with van der Waals surface area (Å²) in [5.74, 6) is 0. The summed E-state index contributed by atoms with van der Waals surface area (Å²) in [7, 11) is 1.87. The van der Waals surface area contributed by atoms with Crippen molar-refractivity contribution in [3.05, 3.63) is 71.7 Å². The molecule has 0 unspecified atom stereocenters. The average molecular weight is 396 g/mol. The molecule has 4 heteroatoms. The highest BCUT2D eigenvalue weighted by atomic mass is 16.3. The fourth-order valence-corrected chi connectivity index (χ4v) is 4.47. The van der Waals surface area contributed by atoms with Gasteiger partial charge in [-0.1, -0.05) is 12.1 Å². The molecule has 0 fully saturated rings. The van der Waals surface area contributed by atoms with E-state index in [-0.39, 0.29) is 0 Å². The number of furan rings is 2. The lowest BCUT2D eigenvalue weighted by Crippen LogP contribution is -2.31. The van der Waals surface area contributed by atoms with Crippen LogP contribution < -0.4 is 4.57 Å². The Hall–Kier alpha value is -3.66. The zero-order valence-corrected chi connectivity index (χ0v) is 16.9. The van der Waals surface area contributed by atoms with Crippen molar-refractivity contribution >= 4 is 43.9 Å². The molecule has 0 spiro atoms. The van der Waals surface area contributed by atoms with Crippen molar-refractivity contribution in [1.82, 2.24) is 4.98 Å². The predicted octanol–water partition coefficient (Wildman–Crippen LogP) is 6.30. The molecule has 2 aromatic carbocycles. The van der Waals surface area contributed by atoms with Crippen molar-refractivity contribution in [2.24, 2.45) is 7.05 Å². The monoisotopic (exact) mass is 396 g/mol. The van der Waals surface area contributed by atoms with Crippen molar-refractivity contribution in [2.45, 2.75) is 20.7 Å². The van der Waals surface area contributed by atoms with Gasteiger partial charge in [0.1, 0.15) is 23.8 Å². The molecule has 0 radical (unpaired) electrons. The van der Waals surface area contributed by atoms with Gasteiger partial charge in [-0.15, -0.1) is 0 Å². The number of hydrogen-bond donors (Lipinski definition) is 0. The van der Waals surface area contributed by atoms with Crippen molar-refractivity contribution in [1.29, 1.82) is 0 Å². The second-order valence-corrected chi connectivity index (χ2v) is 7.89. The molecule has 4 heterocycles. The fourth-order valence-electron chi connectivity index (χ4n) is 4.47. The van der Waals surface area contributed by atoms with Gasteiger partial charge in [0.05, 0.1) is 11.8 Å². The molecule has 0 aliphatic carbocycles. The Morgan fingerprint density at radius 2 is 1.67 bits per heavy atom. The van der Waals surface area contributed by atoms with Crippen LogP contribution in [0.5, 0.6) is 0 Å². The minimum absolute atomic E-state index is 0.350. The van der Waals surface area contributed by atoms with Gasteiger partial charge in [-0.05, 0) is 50.0 Å². The molecular weight excluding hydrogens is 372 g/mol. The lowest BCUT2D eigenvalue weighted by atomic mass is 9.98. The van der Waals surface area contributed by atoms with Crippen LogP contribution in [0.2, 0.25) is 0 Å². The van der Waals surface area contributed by atoms with Gasteiger partial charge >= 0.3 is 0 Å². The maximum absolute atomic E-state index is 7.85. The number of fused-ring (bicyclic) bond motifs is 7. The molecule has 6 aromatic rings. The molecule has 0 aliphatic heterocycles. The maximum Gasteiger partial charge on any atom is 0.216 e. The van der Waals surface area contributed by atoms with E-state index in [2.05, 4.69) is 17.1 Å². The van der Waals surface area contributed by atoms with E-state index in [9.17, 15) is 0 Å². The predicted molar refractivity (Wildman–Crippen MR) is 120 cm³/mol. The Morgan fingerprint density at radius 1 is 0.867 bits per heavy atom. The number of aryl methyl sites for hydroxylation is 4. The van der Waals surface area contributed by atoms with Crippen molar-refractivity contribution in [3.8, 4) is 11.3 Å². The summed E-state index contributed by atoms with van der Waals surface area (Å²) in [4.78, 5) is 4.19. The van der Waals surface area contributed by atoms with Gasteiger partial charge in [-0.3, -0.25) is 4.98 Å². The van der Waals surface area contributed by atoms with Crippen LogP contribution in [0.1, 0.15) is 20.8 Å². The smallest absolute Gasteiger partial charge is 0.216 e. The summed E-state index contributed by atoms with van der Waals surface area (Å²) in [5, 5.41) is 4.01. The second kappa shape index (κ2) is 5.92. The van der Waals surface area contributed by atoms with Gasteiger partial charge in [-0.2, -0.15) is 0 Å². The van der Waals surface area contributed by atoms with Crippen LogP contribution in [-0.2, 0) is 7.05 Å². The van der Waals surface area contributed by atoms with Gasteiger partial charge in [0.2, 0.25) is 5.69 Å². The Labute approximate surface area is 177 Å². The first kappa shape index (κ1) is 14.3. The Bertz CT molecular complexity index is 1740. The molecule has 0 atom stereocenters. The molecule has 4 aromatic heterocycles. The Morgan fingerprint density at radius 3 is 2.50 bits per heavy atom. The van der Waals surface area contributed by atoms with E-state index in [1.807, 2.05) is 49.7 Å². The molecule has 6 rings (SSSR count). The second-order valence-electron chi connectivity index (χ2n) is 7.89. The number of hydrogen-bond acceptors (Lipinski definition) is 3. The molecule has 30 heavy (non-hydrogen) atoms. The maximum atomic E-state index is 7.85. The van der Waals surface area contributed by atoms with E-state index in [0.717, 1.165) is 66.3 Å². The molecule has 0 bridgehead atoms. The summed E-state index contributed by atoms with van der Waals surface area (Å²) in [6.07, 6.45) is 5.20. The number of aromatic nitrogens is 2. The van der Waals surface area contributed by atoms with Gasteiger partial charge in [0.15, 0.2) is 11.8 Å². The number of rotatable bonds is 1. The molecule has 0 saturated carbocycles. The van der Waals surface area contributed by atoms with Crippen LogP contribution in [0.15, 0.2) is 63.8 Å². The minimum atomic E-state index is -2.16. The molecule has 146 valence electrons. The Balaban J connectivity index is 1.73. The topological polar surface area (TPSA) is 43.0 Å². The lowest BCUT2D eigenvalue weighted by molar-refractivity contribution is -0.660. The third-order valence-corrected chi connectivity index (χ3v) is 5.99. The third kappa shape index (κ3) is 2.22. The summed E-state index contributed by atoms with van der Waals surface area (Å²) in [6, 6.07) is 11.9. The quantitative estimate of drug-likeness (QED) is 0.306. The highest BCUT2D eigenvalue weighted by Gasteiger charge is 2.23. The first-order valence-electron chi connectivity index (χ1n) is 11.4. The molecule has 0 amide bonds. The first-order valence-corrected chi connectivity index (χ1v) is 9.86. The first-order chi connectivity index (χ1) is 15.7. The molecular formula is C26H21N2O2+. The number of pyridine rings is 2. The summed E-state index contributed by atoms with van der Waals surface area (Å²) >= 11 is 0. The fraction of sp³-hybridized carbons (Fsp3) is 0.154. The van der Waals surface area contributed by atoms with Crippen LogP contribution in [0.3, 0.4) is 0 Å². The van der Waals surface area contributed by atoms with Crippen LogP contribution in [0, 0.1) is 20.7 Å². The standard InChI is InChI=1S/C26H21N2O2/c1-14-5-6-18-25-21(8-7-20-24(25)17-9-10-27-12-22(17)29-20)30-26(18)23(14)19-11-15(2)16(3)13-28(19)4/h5-13H,1-4H3/q+1/i3D3. The van der Waals surface area contributed by atoms with E-state index in [1.165, 1.54) is 0 Å². The van der Waals surface area contributed by atoms with Crippen LogP contribution in [0.4, 0.5) is 0 Å². The minimum Gasteiger partial charge on any atom is -0.455 e. The number of benzene rings is 2.